The fourth-order valence-corrected chi connectivity index (χ4v) is 3.48. The zero-order valence-corrected chi connectivity index (χ0v) is 14.6. The van der Waals surface area contributed by atoms with Crippen LogP contribution in [-0.4, -0.2) is 29.4 Å². The smallest absolute Gasteiger partial charge is 0.267 e. The highest BCUT2D eigenvalue weighted by atomic mass is 32.2. The summed E-state index contributed by atoms with van der Waals surface area (Å²) in [5, 5.41) is 8.85. The van der Waals surface area contributed by atoms with Crippen molar-refractivity contribution in [2.24, 2.45) is 0 Å². The van der Waals surface area contributed by atoms with E-state index in [1.165, 1.54) is 12.8 Å². The Labute approximate surface area is 131 Å². The topological polar surface area (TPSA) is 74.6 Å². The van der Waals surface area contributed by atoms with Crippen molar-refractivity contribution in [1.82, 2.24) is 0 Å². The lowest BCUT2D eigenvalue weighted by molar-refractivity contribution is 0.156. The minimum Gasteiger partial charge on any atom is -0.393 e. The maximum atomic E-state index is 11.4. The molecule has 0 bridgehead atoms. The van der Waals surface area contributed by atoms with E-state index in [0.717, 1.165) is 51.4 Å². The Bertz CT molecular complexity index is 327. The Morgan fingerprint density at radius 1 is 0.810 bits per heavy atom. The van der Waals surface area contributed by atoms with Crippen LogP contribution in [0.2, 0.25) is 0 Å². The van der Waals surface area contributed by atoms with Crippen LogP contribution >= 0.6 is 0 Å². The van der Waals surface area contributed by atoms with Gasteiger partial charge in [0.25, 0.3) is 10.1 Å². The summed E-state index contributed by atoms with van der Waals surface area (Å²) in [6, 6.07) is 0. The van der Waals surface area contributed by atoms with E-state index in [1.807, 2.05) is 6.92 Å². The highest BCUT2D eigenvalue weighted by Gasteiger charge is 2.21. The molecule has 0 saturated carbocycles. The molecule has 21 heavy (non-hydrogen) atoms. The summed E-state index contributed by atoms with van der Waals surface area (Å²) in [6.45, 7) is 4.11. The van der Waals surface area contributed by atoms with Gasteiger partial charge in [-0.3, -0.25) is 4.55 Å². The van der Waals surface area contributed by atoms with Crippen LogP contribution < -0.4 is 0 Å². The quantitative estimate of drug-likeness (QED) is 0.369. The second kappa shape index (κ2) is 12.4. The van der Waals surface area contributed by atoms with Gasteiger partial charge in [0, 0.05) is 0 Å². The van der Waals surface area contributed by atoms with Crippen molar-refractivity contribution in [3.8, 4) is 0 Å². The zero-order chi connectivity index (χ0) is 16.1. The summed E-state index contributed by atoms with van der Waals surface area (Å²) in [7, 11) is -3.92. The van der Waals surface area contributed by atoms with Crippen molar-refractivity contribution in [2.45, 2.75) is 102 Å². The monoisotopic (exact) mass is 322 g/mol. The molecule has 2 N–H and O–H groups in total. The van der Waals surface area contributed by atoms with Crippen molar-refractivity contribution in [3.05, 3.63) is 0 Å². The summed E-state index contributed by atoms with van der Waals surface area (Å²) in [5.74, 6) is 0. The minimum absolute atomic E-state index is 0.235. The lowest BCUT2D eigenvalue weighted by Gasteiger charge is -2.14. The third-order valence-electron chi connectivity index (χ3n) is 4.09. The van der Waals surface area contributed by atoms with Gasteiger partial charge in [-0.2, -0.15) is 8.42 Å². The van der Waals surface area contributed by atoms with Crippen LogP contribution in [0.1, 0.15) is 90.9 Å². The molecule has 128 valence electrons. The van der Waals surface area contributed by atoms with Gasteiger partial charge in [0.15, 0.2) is 0 Å². The Morgan fingerprint density at radius 3 is 1.76 bits per heavy atom. The first-order chi connectivity index (χ1) is 9.91. The molecule has 0 aliphatic heterocycles. The van der Waals surface area contributed by atoms with Crippen molar-refractivity contribution in [1.29, 1.82) is 0 Å². The van der Waals surface area contributed by atoms with Gasteiger partial charge in [-0.15, -0.1) is 0 Å². The van der Waals surface area contributed by atoms with E-state index >= 15 is 0 Å². The third kappa shape index (κ3) is 12.1. The lowest BCUT2D eigenvalue weighted by Crippen LogP contribution is -2.20. The van der Waals surface area contributed by atoms with Crippen LogP contribution in [0.15, 0.2) is 0 Å². The third-order valence-corrected chi connectivity index (χ3v) is 5.40. The predicted molar refractivity (Wildman–Crippen MR) is 88.1 cm³/mol. The van der Waals surface area contributed by atoms with Crippen LogP contribution in [0.5, 0.6) is 0 Å². The summed E-state index contributed by atoms with van der Waals surface area (Å²) in [6.07, 6.45) is 10.5. The summed E-state index contributed by atoms with van der Waals surface area (Å²) in [5.41, 5.74) is 0. The molecule has 2 atom stereocenters. The molecular formula is C16H34O4S. The first-order valence-corrected chi connectivity index (χ1v) is 10.1. The Hall–Kier alpha value is -0.130. The summed E-state index contributed by atoms with van der Waals surface area (Å²) < 4.78 is 32.1. The Morgan fingerprint density at radius 2 is 1.29 bits per heavy atom. The van der Waals surface area contributed by atoms with Crippen molar-refractivity contribution >= 4 is 10.1 Å². The van der Waals surface area contributed by atoms with Gasteiger partial charge in [0.1, 0.15) is 0 Å². The van der Waals surface area contributed by atoms with Gasteiger partial charge in [-0.1, -0.05) is 65.2 Å². The Kier molecular flexibility index (Phi) is 12.3. The lowest BCUT2D eigenvalue weighted by atomic mass is 10.0. The number of aliphatic hydroxyl groups excluding tert-OH is 1. The van der Waals surface area contributed by atoms with Gasteiger partial charge in [-0.05, 0) is 25.7 Å². The first kappa shape index (κ1) is 20.9. The molecule has 5 heteroatoms. The van der Waals surface area contributed by atoms with E-state index in [0.29, 0.717) is 12.8 Å². The van der Waals surface area contributed by atoms with Crippen LogP contribution in [0.4, 0.5) is 0 Å². The van der Waals surface area contributed by atoms with Gasteiger partial charge in [-0.25, -0.2) is 0 Å². The minimum atomic E-state index is -3.92. The molecule has 0 heterocycles. The molecule has 0 aromatic heterocycles. The predicted octanol–water partition coefficient (Wildman–Crippen LogP) is 4.32. The molecule has 0 rings (SSSR count). The van der Waals surface area contributed by atoms with E-state index < -0.39 is 15.4 Å². The molecule has 2 unspecified atom stereocenters. The zero-order valence-electron chi connectivity index (χ0n) is 13.8. The van der Waals surface area contributed by atoms with Gasteiger partial charge in [0.2, 0.25) is 0 Å². The average molecular weight is 323 g/mol. The van der Waals surface area contributed by atoms with E-state index in [2.05, 4.69) is 6.92 Å². The largest absolute Gasteiger partial charge is 0.393 e. The highest BCUT2D eigenvalue weighted by Crippen LogP contribution is 2.19. The normalized spacial score (nSPS) is 15.0. The number of unbranched alkanes of at least 4 members (excludes halogenated alkanes) is 6. The molecule has 0 radical (unpaired) electrons. The molecular weight excluding hydrogens is 288 g/mol. The van der Waals surface area contributed by atoms with Crippen LogP contribution in [0, 0.1) is 0 Å². The van der Waals surface area contributed by atoms with E-state index in [1.54, 1.807) is 0 Å². The fraction of sp³-hybridized carbons (Fsp3) is 1.00. The molecule has 0 aromatic carbocycles. The van der Waals surface area contributed by atoms with Crippen molar-refractivity contribution in [2.75, 3.05) is 0 Å². The maximum absolute atomic E-state index is 11.4. The summed E-state index contributed by atoms with van der Waals surface area (Å²) >= 11 is 0. The number of hydrogen-bond donors (Lipinski definition) is 2. The molecule has 0 saturated heterocycles. The van der Waals surface area contributed by atoms with E-state index in [-0.39, 0.29) is 6.10 Å². The van der Waals surface area contributed by atoms with Gasteiger partial charge in [0.05, 0.1) is 11.4 Å². The maximum Gasteiger partial charge on any atom is 0.267 e. The van der Waals surface area contributed by atoms with Gasteiger partial charge < -0.3 is 5.11 Å². The SMILES string of the molecule is CCCCCCCC(CCCCCC(O)CC)S(=O)(=O)O. The molecule has 4 nitrogen and oxygen atoms in total. The molecule has 0 fully saturated rings. The first-order valence-electron chi connectivity index (χ1n) is 8.56. The molecule has 0 aliphatic rings. The number of hydrogen-bond acceptors (Lipinski definition) is 3. The standard InChI is InChI=1S/C16H34O4S/c1-3-5-6-7-10-13-16(21(18,19)20)14-11-8-9-12-15(17)4-2/h15-17H,3-14H2,1-2H3,(H,18,19,20). The molecule has 0 aliphatic carbocycles. The van der Waals surface area contributed by atoms with Crippen LogP contribution in [0.25, 0.3) is 0 Å². The fourth-order valence-electron chi connectivity index (χ4n) is 2.55. The average Bonchev–Trinajstić information content (AvgIpc) is 2.42. The summed E-state index contributed by atoms with van der Waals surface area (Å²) in [4.78, 5) is 0. The molecule has 0 amide bonds. The molecule has 0 aromatic rings. The Balaban J connectivity index is 3.87. The van der Waals surface area contributed by atoms with E-state index in [9.17, 15) is 18.1 Å². The van der Waals surface area contributed by atoms with Crippen molar-refractivity contribution < 1.29 is 18.1 Å². The highest BCUT2D eigenvalue weighted by molar-refractivity contribution is 7.86. The second-order valence-electron chi connectivity index (χ2n) is 6.04. The second-order valence-corrected chi connectivity index (χ2v) is 7.74. The number of rotatable bonds is 14. The molecule has 0 spiro atoms. The van der Waals surface area contributed by atoms with Crippen molar-refractivity contribution in [3.63, 3.8) is 0 Å². The van der Waals surface area contributed by atoms with E-state index in [4.69, 9.17) is 0 Å². The van der Waals surface area contributed by atoms with Crippen LogP contribution in [-0.2, 0) is 10.1 Å². The van der Waals surface area contributed by atoms with Gasteiger partial charge >= 0.3 is 0 Å². The number of aliphatic hydroxyl groups is 1. The van der Waals surface area contributed by atoms with Crippen LogP contribution in [0.3, 0.4) is 0 Å².